The van der Waals surface area contributed by atoms with Crippen LogP contribution in [0.5, 0.6) is 5.75 Å². The number of aromatic nitrogens is 4. The number of hydrogen-bond acceptors (Lipinski definition) is 5. The summed E-state index contributed by atoms with van der Waals surface area (Å²) in [6, 6.07) is 7.75. The molecule has 0 fully saturated rings. The summed E-state index contributed by atoms with van der Waals surface area (Å²) in [6.45, 7) is 1.92. The van der Waals surface area contributed by atoms with Gasteiger partial charge < -0.3 is 9.64 Å². The quantitative estimate of drug-likeness (QED) is 0.653. The van der Waals surface area contributed by atoms with E-state index in [9.17, 15) is 9.59 Å². The highest BCUT2D eigenvalue weighted by Crippen LogP contribution is 2.14. The minimum atomic E-state index is -0.266. The zero-order valence-electron chi connectivity index (χ0n) is 15.9. The number of hydrogen-bond donors (Lipinski definition) is 0. The number of carbonyl (C=O) groups excluding carboxylic acids is 1. The third-order valence-corrected chi connectivity index (χ3v) is 4.77. The SMILES string of the molecule is COc1ccc(CC(C)N(C)C(=O)Cn2cnc3c(cnn3C)c2=O)cc1. The minimum absolute atomic E-state index is 0.0170. The van der Waals surface area contributed by atoms with Gasteiger partial charge in [-0.2, -0.15) is 5.10 Å². The van der Waals surface area contributed by atoms with E-state index in [2.05, 4.69) is 10.1 Å². The Morgan fingerprint density at radius 1 is 1.30 bits per heavy atom. The summed E-state index contributed by atoms with van der Waals surface area (Å²) in [7, 11) is 5.10. The van der Waals surface area contributed by atoms with Gasteiger partial charge in [-0.15, -0.1) is 0 Å². The van der Waals surface area contributed by atoms with Crippen LogP contribution in [0.1, 0.15) is 12.5 Å². The fraction of sp³-hybridized carbons (Fsp3) is 0.368. The van der Waals surface area contributed by atoms with Crippen LogP contribution in [0.25, 0.3) is 11.0 Å². The third-order valence-electron chi connectivity index (χ3n) is 4.77. The van der Waals surface area contributed by atoms with Crippen LogP contribution in [-0.2, 0) is 24.8 Å². The Hall–Kier alpha value is -3.16. The van der Waals surface area contributed by atoms with Crippen LogP contribution in [0.15, 0.2) is 41.6 Å². The van der Waals surface area contributed by atoms with Crippen LogP contribution in [0, 0.1) is 0 Å². The van der Waals surface area contributed by atoms with Crippen molar-refractivity contribution in [1.29, 1.82) is 0 Å². The van der Waals surface area contributed by atoms with Gasteiger partial charge in [-0.3, -0.25) is 18.8 Å². The number of methoxy groups -OCH3 is 1. The number of benzene rings is 1. The molecule has 0 saturated heterocycles. The van der Waals surface area contributed by atoms with Crippen molar-refractivity contribution in [3.8, 4) is 5.75 Å². The molecular weight excluding hydrogens is 346 g/mol. The summed E-state index contributed by atoms with van der Waals surface area (Å²) in [6.07, 6.45) is 3.58. The first kappa shape index (κ1) is 18.6. The number of rotatable bonds is 6. The number of likely N-dealkylation sites (N-methyl/N-ethyl adjacent to an activating group) is 1. The van der Waals surface area contributed by atoms with Crippen molar-refractivity contribution >= 4 is 16.9 Å². The highest BCUT2D eigenvalue weighted by Gasteiger charge is 2.18. The van der Waals surface area contributed by atoms with Gasteiger partial charge in [-0.1, -0.05) is 12.1 Å². The Balaban J connectivity index is 1.69. The second-order valence-electron chi connectivity index (χ2n) is 6.59. The number of carbonyl (C=O) groups is 1. The van der Waals surface area contributed by atoms with Crippen molar-refractivity contribution in [2.45, 2.75) is 25.9 Å². The van der Waals surface area contributed by atoms with Gasteiger partial charge in [-0.05, 0) is 31.0 Å². The van der Waals surface area contributed by atoms with Crippen molar-refractivity contribution in [2.75, 3.05) is 14.2 Å². The normalized spacial score (nSPS) is 12.1. The molecule has 0 aliphatic carbocycles. The molecule has 1 atom stereocenters. The molecule has 27 heavy (non-hydrogen) atoms. The molecule has 3 rings (SSSR count). The molecular formula is C19H23N5O3. The molecule has 0 aliphatic rings. The van der Waals surface area contributed by atoms with Crippen molar-refractivity contribution in [3.05, 3.63) is 52.7 Å². The molecule has 0 spiro atoms. The second-order valence-corrected chi connectivity index (χ2v) is 6.59. The van der Waals surface area contributed by atoms with Gasteiger partial charge in [0.25, 0.3) is 5.56 Å². The molecule has 0 radical (unpaired) electrons. The molecule has 0 aliphatic heterocycles. The van der Waals surface area contributed by atoms with Crippen molar-refractivity contribution in [2.24, 2.45) is 7.05 Å². The summed E-state index contributed by atoms with van der Waals surface area (Å²) in [5.74, 6) is 0.650. The molecule has 3 aromatic rings. The zero-order valence-corrected chi connectivity index (χ0v) is 15.9. The molecule has 2 aromatic heterocycles. The molecule has 8 nitrogen and oxygen atoms in total. The summed E-state index contributed by atoms with van der Waals surface area (Å²) in [4.78, 5) is 31.0. The fourth-order valence-electron chi connectivity index (χ4n) is 2.92. The lowest BCUT2D eigenvalue weighted by Crippen LogP contribution is -2.40. The summed E-state index contributed by atoms with van der Waals surface area (Å²) < 4.78 is 8.02. The van der Waals surface area contributed by atoms with Crippen LogP contribution in [-0.4, -0.2) is 50.3 Å². The maximum absolute atomic E-state index is 12.6. The lowest BCUT2D eigenvalue weighted by Gasteiger charge is -2.25. The number of aryl methyl sites for hydroxylation is 1. The Morgan fingerprint density at radius 2 is 2.00 bits per heavy atom. The van der Waals surface area contributed by atoms with E-state index in [1.807, 2.05) is 31.2 Å². The predicted molar refractivity (Wildman–Crippen MR) is 102 cm³/mol. The molecule has 0 bridgehead atoms. The molecule has 1 aromatic carbocycles. The predicted octanol–water partition coefficient (Wildman–Crippen LogP) is 1.23. The maximum atomic E-state index is 12.6. The fourth-order valence-corrected chi connectivity index (χ4v) is 2.92. The summed E-state index contributed by atoms with van der Waals surface area (Å²) in [5.41, 5.74) is 1.35. The van der Waals surface area contributed by atoms with Gasteiger partial charge in [0.1, 0.15) is 24.0 Å². The summed E-state index contributed by atoms with van der Waals surface area (Å²) in [5, 5.41) is 4.44. The standard InChI is InChI=1S/C19H23N5O3/c1-13(9-14-5-7-15(27-4)8-6-14)22(2)17(25)11-24-12-20-18-16(19(24)26)10-21-23(18)3/h5-8,10,12-13H,9,11H2,1-4H3. The lowest BCUT2D eigenvalue weighted by molar-refractivity contribution is -0.132. The summed E-state index contributed by atoms with van der Waals surface area (Å²) >= 11 is 0. The minimum Gasteiger partial charge on any atom is -0.497 e. The Kier molecular flexibility index (Phi) is 5.25. The Morgan fingerprint density at radius 3 is 2.67 bits per heavy atom. The molecule has 2 heterocycles. The Labute approximate surface area is 157 Å². The second kappa shape index (κ2) is 7.61. The smallest absolute Gasteiger partial charge is 0.264 e. The van der Waals surface area contributed by atoms with Crippen LogP contribution >= 0.6 is 0 Å². The van der Waals surface area contributed by atoms with Gasteiger partial charge in [0.05, 0.1) is 13.3 Å². The number of amides is 1. The van der Waals surface area contributed by atoms with E-state index in [1.54, 1.807) is 26.1 Å². The number of ether oxygens (including phenoxy) is 1. The van der Waals surface area contributed by atoms with E-state index in [4.69, 9.17) is 4.74 Å². The van der Waals surface area contributed by atoms with Crippen molar-refractivity contribution in [1.82, 2.24) is 24.2 Å². The number of nitrogens with zero attached hydrogens (tertiary/aromatic N) is 5. The highest BCUT2D eigenvalue weighted by atomic mass is 16.5. The van der Waals surface area contributed by atoms with Gasteiger partial charge >= 0.3 is 0 Å². The van der Waals surface area contributed by atoms with E-state index in [-0.39, 0.29) is 24.1 Å². The zero-order chi connectivity index (χ0) is 19.6. The van der Waals surface area contributed by atoms with E-state index in [0.717, 1.165) is 11.3 Å². The highest BCUT2D eigenvalue weighted by molar-refractivity contribution is 5.77. The maximum Gasteiger partial charge on any atom is 0.264 e. The van der Waals surface area contributed by atoms with Crippen LogP contribution in [0.3, 0.4) is 0 Å². The topological polar surface area (TPSA) is 82.2 Å². The van der Waals surface area contributed by atoms with E-state index in [0.29, 0.717) is 17.5 Å². The first-order chi connectivity index (χ1) is 12.9. The van der Waals surface area contributed by atoms with Gasteiger partial charge in [0, 0.05) is 20.1 Å². The van der Waals surface area contributed by atoms with E-state index < -0.39 is 0 Å². The van der Waals surface area contributed by atoms with Gasteiger partial charge in [0.2, 0.25) is 5.91 Å². The average molecular weight is 369 g/mol. The lowest BCUT2D eigenvalue weighted by atomic mass is 10.1. The molecule has 142 valence electrons. The Bertz CT molecular complexity index is 1010. The average Bonchev–Trinajstić information content (AvgIpc) is 3.05. The van der Waals surface area contributed by atoms with E-state index >= 15 is 0 Å². The molecule has 8 heteroatoms. The monoisotopic (exact) mass is 369 g/mol. The first-order valence-corrected chi connectivity index (χ1v) is 8.66. The third kappa shape index (κ3) is 3.84. The van der Waals surface area contributed by atoms with Crippen LogP contribution < -0.4 is 10.3 Å². The first-order valence-electron chi connectivity index (χ1n) is 8.66. The van der Waals surface area contributed by atoms with Crippen LogP contribution in [0.4, 0.5) is 0 Å². The van der Waals surface area contributed by atoms with Crippen molar-refractivity contribution in [3.63, 3.8) is 0 Å². The molecule has 1 unspecified atom stereocenters. The largest absolute Gasteiger partial charge is 0.497 e. The van der Waals surface area contributed by atoms with Crippen molar-refractivity contribution < 1.29 is 9.53 Å². The van der Waals surface area contributed by atoms with Gasteiger partial charge in [0.15, 0.2) is 5.65 Å². The molecule has 1 amide bonds. The van der Waals surface area contributed by atoms with E-state index in [1.165, 1.54) is 21.8 Å². The van der Waals surface area contributed by atoms with Crippen LogP contribution in [0.2, 0.25) is 0 Å². The molecule has 0 N–H and O–H groups in total. The molecule has 0 saturated carbocycles. The number of fused-ring (bicyclic) bond motifs is 1. The van der Waals surface area contributed by atoms with Gasteiger partial charge in [-0.25, -0.2) is 4.98 Å².